The number of hydrogen-bond acceptors (Lipinski definition) is 2. The Morgan fingerprint density at radius 2 is 1.93 bits per heavy atom. The van der Waals surface area contributed by atoms with E-state index in [9.17, 15) is 18.0 Å². The van der Waals surface area contributed by atoms with Crippen molar-refractivity contribution in [3.8, 4) is 0 Å². The molecular weight excluding hydrogens is 197 g/mol. The number of ether oxygens (including phenoxy) is 1. The van der Waals surface area contributed by atoms with Gasteiger partial charge >= 0.3 is 6.18 Å². The summed E-state index contributed by atoms with van der Waals surface area (Å²) in [6.07, 6.45) is -5.11. The van der Waals surface area contributed by atoms with Crippen LogP contribution in [0.25, 0.3) is 0 Å². The lowest BCUT2D eigenvalue weighted by molar-refractivity contribution is -0.143. The lowest BCUT2D eigenvalue weighted by Crippen LogP contribution is -2.12. The second kappa shape index (κ2) is 6.01. The number of hydrogen-bond donors (Lipinski definition) is 0. The van der Waals surface area contributed by atoms with Crippen LogP contribution in [0, 0.1) is 0 Å². The van der Waals surface area contributed by atoms with Crippen LogP contribution in [0.4, 0.5) is 13.2 Å². The van der Waals surface area contributed by atoms with E-state index in [1.807, 2.05) is 0 Å². The van der Waals surface area contributed by atoms with Crippen LogP contribution < -0.4 is 0 Å². The monoisotopic (exact) mass is 212 g/mol. The highest BCUT2D eigenvalue weighted by Crippen LogP contribution is 2.22. The standard InChI is InChI=1S/C9H15F3O2/c1-7(14-2)3-4-8(13)5-6-9(10,11)12/h7H,3-6H2,1-2H3. The van der Waals surface area contributed by atoms with Crippen LogP contribution in [-0.4, -0.2) is 25.2 Å². The number of methoxy groups -OCH3 is 1. The predicted molar refractivity (Wildman–Crippen MR) is 46.0 cm³/mol. The molecule has 0 fully saturated rings. The Morgan fingerprint density at radius 3 is 2.36 bits per heavy atom. The summed E-state index contributed by atoms with van der Waals surface area (Å²) < 4.78 is 40.0. The van der Waals surface area contributed by atoms with Crippen molar-refractivity contribution in [1.29, 1.82) is 0 Å². The quantitative estimate of drug-likeness (QED) is 0.676. The molecule has 0 aromatic carbocycles. The van der Waals surface area contributed by atoms with Gasteiger partial charge in [-0.3, -0.25) is 4.79 Å². The molecule has 1 atom stereocenters. The van der Waals surface area contributed by atoms with Crippen LogP contribution >= 0.6 is 0 Å². The van der Waals surface area contributed by atoms with Crippen molar-refractivity contribution >= 4 is 5.78 Å². The average Bonchev–Trinajstić information content (AvgIpc) is 2.09. The van der Waals surface area contributed by atoms with Gasteiger partial charge in [0.1, 0.15) is 5.78 Å². The van der Waals surface area contributed by atoms with E-state index in [1.165, 1.54) is 7.11 Å². The third-order valence-corrected chi connectivity index (χ3v) is 1.92. The topological polar surface area (TPSA) is 26.3 Å². The molecule has 0 aliphatic heterocycles. The molecule has 84 valence electrons. The van der Waals surface area contributed by atoms with Crippen molar-refractivity contribution in [2.75, 3.05) is 7.11 Å². The number of Topliss-reactive ketones (excluding diaryl/α,β-unsaturated/α-hetero) is 1. The van der Waals surface area contributed by atoms with E-state index in [4.69, 9.17) is 4.74 Å². The maximum atomic E-state index is 11.7. The fraction of sp³-hybridized carbons (Fsp3) is 0.889. The van der Waals surface area contributed by atoms with E-state index in [0.29, 0.717) is 6.42 Å². The zero-order valence-corrected chi connectivity index (χ0v) is 8.36. The highest BCUT2D eigenvalue weighted by atomic mass is 19.4. The minimum atomic E-state index is -4.23. The Kier molecular flexibility index (Phi) is 5.76. The van der Waals surface area contributed by atoms with Crippen molar-refractivity contribution in [2.45, 2.75) is 44.9 Å². The first-order valence-corrected chi connectivity index (χ1v) is 4.46. The summed E-state index contributed by atoms with van der Waals surface area (Å²) in [6, 6.07) is 0. The van der Waals surface area contributed by atoms with Gasteiger partial charge < -0.3 is 4.74 Å². The van der Waals surface area contributed by atoms with Crippen LogP contribution in [0.2, 0.25) is 0 Å². The maximum Gasteiger partial charge on any atom is 0.389 e. The van der Waals surface area contributed by atoms with Gasteiger partial charge in [-0.25, -0.2) is 0 Å². The third-order valence-electron chi connectivity index (χ3n) is 1.92. The molecular formula is C9H15F3O2. The number of halogens is 3. The zero-order valence-electron chi connectivity index (χ0n) is 8.36. The fourth-order valence-corrected chi connectivity index (χ4v) is 0.888. The Bertz CT molecular complexity index is 177. The summed E-state index contributed by atoms with van der Waals surface area (Å²) >= 11 is 0. The first-order valence-electron chi connectivity index (χ1n) is 4.46. The molecule has 0 aliphatic rings. The molecule has 0 aliphatic carbocycles. The van der Waals surface area contributed by atoms with Gasteiger partial charge in [0.15, 0.2) is 0 Å². The Morgan fingerprint density at radius 1 is 1.36 bits per heavy atom. The average molecular weight is 212 g/mol. The number of carbonyl (C=O) groups is 1. The van der Waals surface area contributed by atoms with E-state index in [-0.39, 0.29) is 18.3 Å². The summed E-state index contributed by atoms with van der Waals surface area (Å²) in [5.74, 6) is -0.355. The van der Waals surface area contributed by atoms with Gasteiger partial charge in [0.2, 0.25) is 0 Å². The van der Waals surface area contributed by atoms with Crippen molar-refractivity contribution in [2.24, 2.45) is 0 Å². The van der Waals surface area contributed by atoms with E-state index < -0.39 is 19.0 Å². The largest absolute Gasteiger partial charge is 0.389 e. The molecule has 0 amide bonds. The maximum absolute atomic E-state index is 11.7. The van der Waals surface area contributed by atoms with Gasteiger partial charge in [0.25, 0.3) is 0 Å². The first-order chi connectivity index (χ1) is 6.35. The summed E-state index contributed by atoms with van der Waals surface area (Å²) in [5.41, 5.74) is 0. The molecule has 0 rings (SSSR count). The van der Waals surface area contributed by atoms with Crippen molar-refractivity contribution in [1.82, 2.24) is 0 Å². The number of carbonyl (C=O) groups excluding carboxylic acids is 1. The van der Waals surface area contributed by atoms with Crippen LogP contribution in [0.15, 0.2) is 0 Å². The third kappa shape index (κ3) is 8.04. The van der Waals surface area contributed by atoms with E-state index in [2.05, 4.69) is 0 Å². The van der Waals surface area contributed by atoms with E-state index >= 15 is 0 Å². The fourth-order valence-electron chi connectivity index (χ4n) is 0.888. The van der Waals surface area contributed by atoms with Gasteiger partial charge in [0, 0.05) is 20.0 Å². The second-order valence-electron chi connectivity index (χ2n) is 3.24. The SMILES string of the molecule is COC(C)CCC(=O)CCC(F)(F)F. The van der Waals surface area contributed by atoms with Crippen LogP contribution in [0.3, 0.4) is 0 Å². The molecule has 0 bridgehead atoms. The molecule has 0 heterocycles. The Labute approximate surface area is 81.4 Å². The van der Waals surface area contributed by atoms with Gasteiger partial charge in [-0.15, -0.1) is 0 Å². The highest BCUT2D eigenvalue weighted by molar-refractivity contribution is 5.78. The second-order valence-corrected chi connectivity index (χ2v) is 3.24. The number of alkyl halides is 3. The summed E-state index contributed by atoms with van der Waals surface area (Å²) in [5, 5.41) is 0. The summed E-state index contributed by atoms with van der Waals surface area (Å²) in [4.78, 5) is 11.0. The normalized spacial score (nSPS) is 14.1. The Hall–Kier alpha value is -0.580. The lowest BCUT2D eigenvalue weighted by Gasteiger charge is -2.08. The molecule has 2 nitrogen and oxygen atoms in total. The van der Waals surface area contributed by atoms with Crippen LogP contribution in [0.1, 0.15) is 32.6 Å². The number of rotatable bonds is 6. The number of ketones is 1. The minimum Gasteiger partial charge on any atom is -0.382 e. The highest BCUT2D eigenvalue weighted by Gasteiger charge is 2.27. The molecule has 5 heteroatoms. The Balaban J connectivity index is 3.57. The zero-order chi connectivity index (χ0) is 11.2. The smallest absolute Gasteiger partial charge is 0.382 e. The van der Waals surface area contributed by atoms with Gasteiger partial charge in [-0.05, 0) is 13.3 Å². The molecule has 0 radical (unpaired) electrons. The molecule has 1 unspecified atom stereocenters. The van der Waals surface area contributed by atoms with Crippen LogP contribution in [-0.2, 0) is 9.53 Å². The van der Waals surface area contributed by atoms with Gasteiger partial charge in [-0.1, -0.05) is 0 Å². The molecule has 0 aromatic rings. The lowest BCUT2D eigenvalue weighted by atomic mass is 10.1. The molecule has 0 saturated heterocycles. The molecule has 0 saturated carbocycles. The minimum absolute atomic E-state index is 0.0789. The predicted octanol–water partition coefficient (Wildman–Crippen LogP) is 2.71. The molecule has 0 spiro atoms. The molecule has 0 N–H and O–H groups in total. The summed E-state index contributed by atoms with van der Waals surface area (Å²) in [7, 11) is 1.50. The molecule has 14 heavy (non-hydrogen) atoms. The summed E-state index contributed by atoms with van der Waals surface area (Å²) in [6.45, 7) is 1.77. The van der Waals surface area contributed by atoms with Gasteiger partial charge in [-0.2, -0.15) is 13.2 Å². The van der Waals surface area contributed by atoms with Gasteiger partial charge in [0.05, 0.1) is 12.5 Å². The van der Waals surface area contributed by atoms with Crippen molar-refractivity contribution in [3.63, 3.8) is 0 Å². The first kappa shape index (κ1) is 13.4. The van der Waals surface area contributed by atoms with E-state index in [0.717, 1.165) is 0 Å². The molecule has 0 aromatic heterocycles. The van der Waals surface area contributed by atoms with Crippen molar-refractivity contribution in [3.05, 3.63) is 0 Å². The van der Waals surface area contributed by atoms with E-state index in [1.54, 1.807) is 6.92 Å². The van der Waals surface area contributed by atoms with Crippen molar-refractivity contribution < 1.29 is 22.7 Å². The van der Waals surface area contributed by atoms with Crippen LogP contribution in [0.5, 0.6) is 0 Å².